The van der Waals surface area contributed by atoms with Gasteiger partial charge in [-0.05, 0) is 24.0 Å². The minimum Gasteiger partial charge on any atom is -0.459 e. The number of nitrogens with zero attached hydrogens (tertiary/aromatic N) is 1. The van der Waals surface area contributed by atoms with E-state index in [2.05, 4.69) is 0 Å². The van der Waals surface area contributed by atoms with Crippen LogP contribution >= 0.6 is 0 Å². The van der Waals surface area contributed by atoms with Gasteiger partial charge in [-0.25, -0.2) is 0 Å². The number of rotatable bonds is 6. The zero-order valence-corrected chi connectivity index (χ0v) is 14.8. The Bertz CT molecular complexity index is 714. The molecule has 0 bridgehead atoms. The number of carbonyl (C=O) groups is 1. The predicted octanol–water partition coefficient (Wildman–Crippen LogP) is 0.848. The van der Waals surface area contributed by atoms with Crippen LogP contribution in [0.2, 0.25) is 0 Å². The lowest BCUT2D eigenvalue weighted by Crippen LogP contribution is -2.44. The van der Waals surface area contributed by atoms with Crippen molar-refractivity contribution in [2.45, 2.75) is 24.9 Å². The zero-order valence-electron chi connectivity index (χ0n) is 14.0. The molecule has 1 aromatic carbocycles. The van der Waals surface area contributed by atoms with Crippen LogP contribution in [-0.4, -0.2) is 68.5 Å². The molecule has 25 heavy (non-hydrogen) atoms. The van der Waals surface area contributed by atoms with Crippen LogP contribution in [0.15, 0.2) is 24.3 Å². The van der Waals surface area contributed by atoms with E-state index in [4.69, 9.17) is 9.47 Å². The lowest BCUT2D eigenvalue weighted by atomic mass is 10.0. The highest BCUT2D eigenvalue weighted by Crippen LogP contribution is 2.34. The van der Waals surface area contributed by atoms with E-state index < -0.39 is 27.9 Å². The molecule has 2 atom stereocenters. The van der Waals surface area contributed by atoms with Crippen molar-refractivity contribution in [1.29, 1.82) is 0 Å². The van der Waals surface area contributed by atoms with E-state index in [1.54, 1.807) is 0 Å². The van der Waals surface area contributed by atoms with Crippen molar-refractivity contribution in [2.75, 3.05) is 38.6 Å². The fourth-order valence-electron chi connectivity index (χ4n) is 3.48. The van der Waals surface area contributed by atoms with E-state index in [1.807, 2.05) is 29.2 Å². The van der Waals surface area contributed by atoms with Crippen LogP contribution in [0.3, 0.4) is 0 Å². The number of carbonyl (C=O) groups excluding carboxylic acids is 1. The summed E-state index contributed by atoms with van der Waals surface area (Å²) >= 11 is 0. The van der Waals surface area contributed by atoms with Gasteiger partial charge in [0.15, 0.2) is 0 Å². The van der Waals surface area contributed by atoms with Crippen molar-refractivity contribution in [3.05, 3.63) is 35.4 Å². The van der Waals surface area contributed by atoms with Crippen LogP contribution in [0.1, 0.15) is 23.5 Å². The number of ether oxygens (including phenoxy) is 2. The van der Waals surface area contributed by atoms with Crippen LogP contribution < -0.4 is 0 Å². The Labute approximate surface area is 147 Å². The first-order valence-electron chi connectivity index (χ1n) is 8.46. The summed E-state index contributed by atoms with van der Waals surface area (Å²) in [4.78, 5) is 14.6. The fraction of sp³-hybridized carbons (Fsp3) is 0.588. The molecule has 7 nitrogen and oxygen atoms in total. The number of esters is 1. The third-order valence-corrected chi connectivity index (χ3v) is 5.46. The smallest absolute Gasteiger partial charge is 0.313 e. The lowest BCUT2D eigenvalue weighted by molar-refractivity contribution is -0.151. The van der Waals surface area contributed by atoms with E-state index in [0.29, 0.717) is 32.7 Å². The molecule has 1 aliphatic carbocycles. The second-order valence-electron chi connectivity index (χ2n) is 6.51. The summed E-state index contributed by atoms with van der Waals surface area (Å²) < 4.78 is 42.6. The highest BCUT2D eigenvalue weighted by molar-refractivity contribution is 7.85. The van der Waals surface area contributed by atoms with Crippen LogP contribution in [0.4, 0.5) is 0 Å². The quantitative estimate of drug-likeness (QED) is 0.587. The molecule has 0 spiro atoms. The first-order valence-corrected chi connectivity index (χ1v) is 10.1. The van der Waals surface area contributed by atoms with Gasteiger partial charge in [0.2, 0.25) is 0 Å². The number of fused-ring (bicyclic) bond motifs is 1. The SMILES string of the molecule is O=C(OC(CN1CCOCC1)CS(=O)(=O)O)C1CCc2ccccc21. The summed E-state index contributed by atoms with van der Waals surface area (Å²) in [6, 6.07) is 7.72. The summed E-state index contributed by atoms with van der Waals surface area (Å²) in [6.45, 7) is 2.67. The second kappa shape index (κ2) is 7.82. The van der Waals surface area contributed by atoms with Crippen LogP contribution in [0.5, 0.6) is 0 Å². The molecular weight excluding hydrogens is 346 g/mol. The standard InChI is InChI=1S/C17H23NO6S/c19-17(16-6-5-13-3-1-2-4-15(13)16)24-14(12-25(20,21)22)11-18-7-9-23-10-8-18/h1-4,14,16H,5-12H2,(H,20,21,22). The molecule has 1 heterocycles. The molecule has 0 amide bonds. The van der Waals surface area contributed by atoms with E-state index in [-0.39, 0.29) is 12.5 Å². The lowest BCUT2D eigenvalue weighted by Gasteiger charge is -2.30. The Hall–Kier alpha value is -1.48. The van der Waals surface area contributed by atoms with Gasteiger partial charge in [0.1, 0.15) is 11.9 Å². The summed E-state index contributed by atoms with van der Waals surface area (Å²) in [5.74, 6) is -1.39. The predicted molar refractivity (Wildman–Crippen MR) is 91.1 cm³/mol. The molecule has 2 aliphatic rings. The molecule has 2 unspecified atom stereocenters. The van der Waals surface area contributed by atoms with E-state index in [1.165, 1.54) is 0 Å². The summed E-state index contributed by atoms with van der Waals surface area (Å²) in [5.41, 5.74) is 2.08. The van der Waals surface area contributed by atoms with E-state index in [9.17, 15) is 17.8 Å². The average molecular weight is 369 g/mol. The molecule has 1 fully saturated rings. The van der Waals surface area contributed by atoms with Gasteiger partial charge in [0.05, 0.1) is 19.1 Å². The number of hydrogen-bond acceptors (Lipinski definition) is 6. The molecule has 0 saturated carbocycles. The number of benzene rings is 1. The molecule has 1 N–H and O–H groups in total. The van der Waals surface area contributed by atoms with Crippen LogP contribution in [-0.2, 0) is 30.8 Å². The van der Waals surface area contributed by atoms with Crippen molar-refractivity contribution < 1.29 is 27.2 Å². The van der Waals surface area contributed by atoms with Gasteiger partial charge >= 0.3 is 5.97 Å². The normalized spacial score (nSPS) is 22.4. The first-order chi connectivity index (χ1) is 11.9. The minimum absolute atomic E-state index is 0.267. The largest absolute Gasteiger partial charge is 0.459 e. The maximum absolute atomic E-state index is 12.6. The maximum atomic E-state index is 12.6. The van der Waals surface area contributed by atoms with Crippen molar-refractivity contribution in [1.82, 2.24) is 4.90 Å². The number of aryl methyl sites for hydroxylation is 1. The Balaban J connectivity index is 1.67. The molecule has 8 heteroatoms. The van der Waals surface area contributed by atoms with Gasteiger partial charge in [-0.2, -0.15) is 8.42 Å². The second-order valence-corrected chi connectivity index (χ2v) is 8.01. The molecular formula is C17H23NO6S. The van der Waals surface area contributed by atoms with E-state index >= 15 is 0 Å². The molecule has 0 aromatic heterocycles. The fourth-order valence-corrected chi connectivity index (χ4v) is 4.12. The van der Waals surface area contributed by atoms with Gasteiger partial charge in [0, 0.05) is 19.6 Å². The number of hydrogen-bond donors (Lipinski definition) is 1. The minimum atomic E-state index is -4.24. The molecule has 138 valence electrons. The number of morpholine rings is 1. The highest BCUT2D eigenvalue weighted by atomic mass is 32.2. The monoisotopic (exact) mass is 369 g/mol. The van der Waals surface area contributed by atoms with Crippen molar-refractivity contribution in [3.8, 4) is 0 Å². The van der Waals surface area contributed by atoms with E-state index in [0.717, 1.165) is 17.5 Å². The highest BCUT2D eigenvalue weighted by Gasteiger charge is 2.33. The molecule has 3 rings (SSSR count). The third kappa shape index (κ3) is 5.01. The van der Waals surface area contributed by atoms with Gasteiger partial charge in [0.25, 0.3) is 10.1 Å². The third-order valence-electron chi connectivity index (χ3n) is 4.66. The van der Waals surface area contributed by atoms with Gasteiger partial charge in [-0.3, -0.25) is 14.2 Å². The van der Waals surface area contributed by atoms with Gasteiger partial charge in [-0.15, -0.1) is 0 Å². The first kappa shape index (κ1) is 18.3. The van der Waals surface area contributed by atoms with Crippen molar-refractivity contribution >= 4 is 16.1 Å². The van der Waals surface area contributed by atoms with Gasteiger partial charge < -0.3 is 9.47 Å². The Kier molecular flexibility index (Phi) is 5.73. The topological polar surface area (TPSA) is 93.1 Å². The molecule has 0 radical (unpaired) electrons. The van der Waals surface area contributed by atoms with Crippen LogP contribution in [0.25, 0.3) is 0 Å². The average Bonchev–Trinajstić information content (AvgIpc) is 2.98. The Morgan fingerprint density at radius 3 is 2.76 bits per heavy atom. The van der Waals surface area contributed by atoms with Crippen molar-refractivity contribution in [2.24, 2.45) is 0 Å². The Morgan fingerprint density at radius 2 is 2.04 bits per heavy atom. The summed E-state index contributed by atoms with van der Waals surface area (Å²) in [6.07, 6.45) is 0.574. The zero-order chi connectivity index (χ0) is 17.9. The van der Waals surface area contributed by atoms with Crippen LogP contribution in [0, 0.1) is 0 Å². The Morgan fingerprint density at radius 1 is 1.32 bits per heavy atom. The summed E-state index contributed by atoms with van der Waals surface area (Å²) in [7, 11) is -4.24. The van der Waals surface area contributed by atoms with Gasteiger partial charge in [-0.1, -0.05) is 24.3 Å². The molecule has 1 aromatic rings. The molecule has 1 aliphatic heterocycles. The van der Waals surface area contributed by atoms with Crippen molar-refractivity contribution in [3.63, 3.8) is 0 Å². The summed E-state index contributed by atoms with van der Waals surface area (Å²) in [5, 5.41) is 0. The molecule has 1 saturated heterocycles. The maximum Gasteiger partial charge on any atom is 0.313 e.